The second-order valence-corrected chi connectivity index (χ2v) is 5.90. The lowest BCUT2D eigenvalue weighted by molar-refractivity contribution is 0.588. The van der Waals surface area contributed by atoms with Crippen molar-refractivity contribution in [3.05, 3.63) is 29.8 Å². The van der Waals surface area contributed by atoms with Crippen LogP contribution in [-0.4, -0.2) is 21.5 Å². The van der Waals surface area contributed by atoms with Gasteiger partial charge in [0.25, 0.3) is 0 Å². The summed E-state index contributed by atoms with van der Waals surface area (Å²) in [6.07, 6.45) is 2.46. The van der Waals surface area contributed by atoms with Crippen molar-refractivity contribution >= 4 is 10.0 Å². The van der Waals surface area contributed by atoms with Gasteiger partial charge >= 0.3 is 0 Å². The van der Waals surface area contributed by atoms with E-state index in [1.165, 1.54) is 19.9 Å². The highest BCUT2D eigenvalue weighted by molar-refractivity contribution is 7.89. The second kappa shape index (κ2) is 4.53. The molecule has 0 atom stereocenters. The van der Waals surface area contributed by atoms with E-state index >= 15 is 0 Å². The quantitative estimate of drug-likeness (QED) is 0.802. The minimum absolute atomic E-state index is 0.324. The Kier molecular flexibility index (Phi) is 3.28. The van der Waals surface area contributed by atoms with Gasteiger partial charge in [-0.2, -0.15) is 0 Å². The van der Waals surface area contributed by atoms with E-state index in [0.29, 0.717) is 10.9 Å². The lowest BCUT2D eigenvalue weighted by atomic mass is 10.2. The molecule has 0 amide bonds. The summed E-state index contributed by atoms with van der Waals surface area (Å²) in [4.78, 5) is 0.324. The average Bonchev–Trinajstić information content (AvgIpc) is 3.11. The Bertz CT molecular complexity index is 467. The average molecular weight is 240 g/mol. The van der Waals surface area contributed by atoms with Gasteiger partial charge in [-0.3, -0.25) is 0 Å². The van der Waals surface area contributed by atoms with Gasteiger partial charge < -0.3 is 5.32 Å². The normalized spacial score (nSPS) is 16.3. The molecule has 1 saturated carbocycles. The molecule has 0 aliphatic heterocycles. The zero-order chi connectivity index (χ0) is 11.6. The first-order chi connectivity index (χ1) is 7.62. The molecular weight excluding hydrogens is 224 g/mol. The maximum Gasteiger partial charge on any atom is 0.240 e. The minimum Gasteiger partial charge on any atom is -0.310 e. The van der Waals surface area contributed by atoms with Crippen LogP contribution < -0.4 is 10.0 Å². The van der Waals surface area contributed by atoms with Gasteiger partial charge in [0.2, 0.25) is 10.0 Å². The third-order valence-corrected chi connectivity index (χ3v) is 4.06. The number of hydrogen-bond donors (Lipinski definition) is 2. The second-order valence-electron chi connectivity index (χ2n) is 4.01. The van der Waals surface area contributed by atoms with E-state index in [1.807, 2.05) is 6.07 Å². The van der Waals surface area contributed by atoms with Gasteiger partial charge in [0.1, 0.15) is 0 Å². The molecule has 1 aromatic rings. The maximum atomic E-state index is 11.6. The lowest BCUT2D eigenvalue weighted by Gasteiger charge is -2.06. The smallest absolute Gasteiger partial charge is 0.240 e. The highest BCUT2D eigenvalue weighted by Crippen LogP contribution is 2.19. The van der Waals surface area contributed by atoms with Crippen molar-refractivity contribution in [3.8, 4) is 0 Å². The van der Waals surface area contributed by atoms with E-state index in [1.54, 1.807) is 18.2 Å². The van der Waals surface area contributed by atoms with Gasteiger partial charge in [-0.1, -0.05) is 12.1 Å². The minimum atomic E-state index is -3.32. The molecule has 0 saturated heterocycles. The molecule has 16 heavy (non-hydrogen) atoms. The van der Waals surface area contributed by atoms with Crippen LogP contribution in [0.4, 0.5) is 0 Å². The predicted octanol–water partition coefficient (Wildman–Crippen LogP) is 0.847. The molecule has 1 aliphatic rings. The van der Waals surface area contributed by atoms with Crippen LogP contribution in [0.15, 0.2) is 29.2 Å². The number of nitrogens with one attached hydrogen (secondary N) is 2. The van der Waals surface area contributed by atoms with Gasteiger partial charge in [-0.15, -0.1) is 0 Å². The molecule has 1 fully saturated rings. The van der Waals surface area contributed by atoms with Crippen molar-refractivity contribution in [2.45, 2.75) is 30.3 Å². The van der Waals surface area contributed by atoms with E-state index < -0.39 is 10.0 Å². The molecule has 1 aromatic carbocycles. The van der Waals surface area contributed by atoms with Gasteiger partial charge in [0.05, 0.1) is 4.90 Å². The summed E-state index contributed by atoms with van der Waals surface area (Å²) < 4.78 is 25.5. The zero-order valence-corrected chi connectivity index (χ0v) is 10.0. The molecule has 2 rings (SSSR count). The van der Waals surface area contributed by atoms with Crippen LogP contribution in [0.3, 0.4) is 0 Å². The molecule has 1 aliphatic carbocycles. The largest absolute Gasteiger partial charge is 0.310 e. The number of hydrogen-bond acceptors (Lipinski definition) is 3. The summed E-state index contributed by atoms with van der Waals surface area (Å²) in [5.74, 6) is 0. The molecule has 2 N–H and O–H groups in total. The van der Waals surface area contributed by atoms with Gasteiger partial charge in [0, 0.05) is 12.6 Å². The van der Waals surface area contributed by atoms with E-state index in [-0.39, 0.29) is 0 Å². The van der Waals surface area contributed by atoms with E-state index in [2.05, 4.69) is 10.0 Å². The van der Waals surface area contributed by atoms with Crippen molar-refractivity contribution in [2.75, 3.05) is 7.05 Å². The molecule has 0 radical (unpaired) electrons. The van der Waals surface area contributed by atoms with Crippen LogP contribution in [0.1, 0.15) is 18.4 Å². The number of benzene rings is 1. The Balaban J connectivity index is 2.12. The highest BCUT2D eigenvalue weighted by Gasteiger charge is 2.20. The summed E-state index contributed by atoms with van der Waals surface area (Å²) in [5, 5.41) is 3.35. The first-order valence-corrected chi connectivity index (χ1v) is 6.86. The van der Waals surface area contributed by atoms with E-state index in [0.717, 1.165) is 12.1 Å². The third kappa shape index (κ3) is 2.81. The molecular formula is C11H16N2O2S. The Morgan fingerprint density at radius 3 is 2.75 bits per heavy atom. The summed E-state index contributed by atoms with van der Waals surface area (Å²) >= 11 is 0. The van der Waals surface area contributed by atoms with E-state index in [9.17, 15) is 8.42 Å². The van der Waals surface area contributed by atoms with Crippen molar-refractivity contribution in [1.29, 1.82) is 0 Å². The maximum absolute atomic E-state index is 11.6. The molecule has 0 unspecified atom stereocenters. The van der Waals surface area contributed by atoms with Crippen LogP contribution in [0.5, 0.6) is 0 Å². The first-order valence-electron chi connectivity index (χ1n) is 5.38. The number of sulfonamides is 1. The van der Waals surface area contributed by atoms with E-state index in [4.69, 9.17) is 0 Å². The molecule has 0 spiro atoms. The predicted molar refractivity (Wildman–Crippen MR) is 62.5 cm³/mol. The van der Waals surface area contributed by atoms with Crippen LogP contribution >= 0.6 is 0 Å². The molecule has 5 heteroatoms. The lowest BCUT2D eigenvalue weighted by Crippen LogP contribution is -2.19. The van der Waals surface area contributed by atoms with Crippen LogP contribution in [-0.2, 0) is 16.6 Å². The monoisotopic (exact) mass is 240 g/mol. The fraction of sp³-hybridized carbons (Fsp3) is 0.455. The molecule has 0 aromatic heterocycles. The highest BCUT2D eigenvalue weighted by atomic mass is 32.2. The topological polar surface area (TPSA) is 58.2 Å². The fourth-order valence-electron chi connectivity index (χ4n) is 1.49. The Morgan fingerprint density at radius 1 is 1.38 bits per heavy atom. The van der Waals surface area contributed by atoms with Gasteiger partial charge in [-0.25, -0.2) is 13.1 Å². The van der Waals surface area contributed by atoms with Crippen LogP contribution in [0.2, 0.25) is 0 Å². The van der Waals surface area contributed by atoms with Gasteiger partial charge in [-0.05, 0) is 37.6 Å². The Morgan fingerprint density at radius 2 is 2.12 bits per heavy atom. The molecule has 88 valence electrons. The van der Waals surface area contributed by atoms with Crippen molar-refractivity contribution in [2.24, 2.45) is 0 Å². The van der Waals surface area contributed by atoms with Crippen molar-refractivity contribution in [1.82, 2.24) is 10.0 Å². The Hall–Kier alpha value is -0.910. The molecule has 4 nitrogen and oxygen atoms in total. The summed E-state index contributed by atoms with van der Waals surface area (Å²) in [6.45, 7) is 0.734. The summed E-state index contributed by atoms with van der Waals surface area (Å²) in [5.41, 5.74) is 1.00. The Labute approximate surface area is 96.1 Å². The molecule has 0 bridgehead atoms. The van der Waals surface area contributed by atoms with Crippen molar-refractivity contribution < 1.29 is 8.42 Å². The fourth-order valence-corrected chi connectivity index (χ4v) is 2.29. The SMILES string of the molecule is CNS(=O)(=O)c1cccc(CNC2CC2)c1. The summed E-state index contributed by atoms with van der Waals surface area (Å²) in [6, 6.07) is 7.65. The van der Waals surface area contributed by atoms with Crippen molar-refractivity contribution in [3.63, 3.8) is 0 Å². The molecule has 0 heterocycles. The number of rotatable bonds is 5. The van der Waals surface area contributed by atoms with Crippen LogP contribution in [0.25, 0.3) is 0 Å². The van der Waals surface area contributed by atoms with Gasteiger partial charge in [0.15, 0.2) is 0 Å². The first kappa shape index (κ1) is 11.6. The standard InChI is InChI=1S/C11H16N2O2S/c1-12-16(14,15)11-4-2-3-9(7-11)8-13-10-5-6-10/h2-4,7,10,12-13H,5-6,8H2,1H3. The van der Waals surface area contributed by atoms with Crippen LogP contribution in [0, 0.1) is 0 Å². The summed E-state index contributed by atoms with van der Waals surface area (Å²) in [7, 11) is -1.90. The zero-order valence-electron chi connectivity index (χ0n) is 9.23. The third-order valence-electron chi connectivity index (χ3n) is 2.65.